The Morgan fingerprint density at radius 1 is 1.38 bits per heavy atom. The zero-order valence-corrected chi connectivity index (χ0v) is 11.7. The molecule has 0 saturated heterocycles. The molecule has 0 spiro atoms. The SMILES string of the molecule is COc1cc(NC(=O)c2c(O)cc(C)n(C)c2=O)ncn1. The molecule has 21 heavy (non-hydrogen) atoms. The van der Waals surface area contributed by atoms with E-state index in [1.165, 1.54) is 37.2 Å². The van der Waals surface area contributed by atoms with Gasteiger partial charge in [0.1, 0.15) is 23.5 Å². The van der Waals surface area contributed by atoms with Crippen LogP contribution in [0.15, 0.2) is 23.3 Å². The van der Waals surface area contributed by atoms with E-state index in [-0.39, 0.29) is 23.0 Å². The lowest BCUT2D eigenvalue weighted by Gasteiger charge is -2.09. The highest BCUT2D eigenvalue weighted by atomic mass is 16.5. The fraction of sp³-hybridized carbons (Fsp3) is 0.231. The van der Waals surface area contributed by atoms with E-state index in [0.717, 1.165) is 0 Å². The molecule has 0 saturated carbocycles. The number of ether oxygens (including phenoxy) is 1. The number of carbonyl (C=O) groups excluding carboxylic acids is 1. The first-order valence-electron chi connectivity index (χ1n) is 6.01. The Hall–Kier alpha value is -2.90. The van der Waals surface area contributed by atoms with Crippen molar-refractivity contribution in [1.29, 1.82) is 0 Å². The third-order valence-electron chi connectivity index (χ3n) is 2.97. The summed E-state index contributed by atoms with van der Waals surface area (Å²) in [7, 11) is 2.94. The van der Waals surface area contributed by atoms with Gasteiger partial charge in [-0.2, -0.15) is 0 Å². The van der Waals surface area contributed by atoms with Crippen molar-refractivity contribution in [3.05, 3.63) is 40.1 Å². The number of aromatic nitrogens is 3. The number of nitrogens with zero attached hydrogens (tertiary/aromatic N) is 3. The van der Waals surface area contributed by atoms with Crippen molar-refractivity contribution in [3.8, 4) is 11.6 Å². The molecule has 2 rings (SSSR count). The molecule has 0 aliphatic heterocycles. The minimum Gasteiger partial charge on any atom is -0.507 e. The molecular formula is C13H14N4O4. The number of aromatic hydroxyl groups is 1. The van der Waals surface area contributed by atoms with Crippen LogP contribution in [0.4, 0.5) is 5.82 Å². The number of pyridine rings is 1. The van der Waals surface area contributed by atoms with Crippen LogP contribution in [0, 0.1) is 6.92 Å². The fourth-order valence-corrected chi connectivity index (χ4v) is 1.72. The van der Waals surface area contributed by atoms with Gasteiger partial charge in [-0.1, -0.05) is 0 Å². The van der Waals surface area contributed by atoms with Crippen molar-refractivity contribution in [2.24, 2.45) is 7.05 Å². The van der Waals surface area contributed by atoms with Crippen LogP contribution in [-0.4, -0.2) is 32.7 Å². The first kappa shape index (κ1) is 14.5. The second-order valence-electron chi connectivity index (χ2n) is 4.31. The molecule has 0 bridgehead atoms. The van der Waals surface area contributed by atoms with Gasteiger partial charge >= 0.3 is 0 Å². The van der Waals surface area contributed by atoms with Crippen LogP contribution in [0.25, 0.3) is 0 Å². The highest BCUT2D eigenvalue weighted by Crippen LogP contribution is 2.16. The molecule has 2 heterocycles. The summed E-state index contributed by atoms with van der Waals surface area (Å²) in [6.07, 6.45) is 1.21. The summed E-state index contributed by atoms with van der Waals surface area (Å²) in [5, 5.41) is 12.2. The highest BCUT2D eigenvalue weighted by molar-refractivity contribution is 6.05. The zero-order chi connectivity index (χ0) is 15.6. The first-order chi connectivity index (χ1) is 9.93. The number of nitrogens with one attached hydrogen (secondary N) is 1. The lowest BCUT2D eigenvalue weighted by molar-refractivity contribution is 0.102. The largest absolute Gasteiger partial charge is 0.507 e. The van der Waals surface area contributed by atoms with E-state index in [9.17, 15) is 14.7 Å². The molecule has 0 unspecified atom stereocenters. The summed E-state index contributed by atoms with van der Waals surface area (Å²) in [6.45, 7) is 1.65. The Morgan fingerprint density at radius 3 is 2.76 bits per heavy atom. The highest BCUT2D eigenvalue weighted by Gasteiger charge is 2.19. The van der Waals surface area contributed by atoms with E-state index in [2.05, 4.69) is 15.3 Å². The molecular weight excluding hydrogens is 276 g/mol. The molecule has 1 amide bonds. The van der Waals surface area contributed by atoms with Crippen LogP contribution < -0.4 is 15.6 Å². The summed E-state index contributed by atoms with van der Waals surface area (Å²) in [5.74, 6) is -0.710. The van der Waals surface area contributed by atoms with Crippen LogP contribution in [0.5, 0.6) is 11.6 Å². The van der Waals surface area contributed by atoms with Crippen LogP contribution >= 0.6 is 0 Å². The Kier molecular flexibility index (Phi) is 3.88. The molecule has 0 atom stereocenters. The minimum atomic E-state index is -0.756. The van der Waals surface area contributed by atoms with Crippen molar-refractivity contribution in [3.63, 3.8) is 0 Å². The first-order valence-corrected chi connectivity index (χ1v) is 6.01. The van der Waals surface area contributed by atoms with Gasteiger partial charge in [-0.25, -0.2) is 9.97 Å². The van der Waals surface area contributed by atoms with Crippen LogP contribution in [-0.2, 0) is 7.05 Å². The lowest BCUT2D eigenvalue weighted by Crippen LogP contribution is -2.29. The lowest BCUT2D eigenvalue weighted by atomic mass is 10.2. The average molecular weight is 290 g/mol. The number of methoxy groups -OCH3 is 1. The van der Waals surface area contributed by atoms with Gasteiger partial charge in [0.15, 0.2) is 0 Å². The quantitative estimate of drug-likeness (QED) is 0.850. The number of rotatable bonds is 3. The molecule has 8 heteroatoms. The average Bonchev–Trinajstić information content (AvgIpc) is 2.45. The number of anilines is 1. The molecule has 0 aromatic carbocycles. The zero-order valence-electron chi connectivity index (χ0n) is 11.7. The van der Waals surface area contributed by atoms with Gasteiger partial charge in [0.05, 0.1) is 7.11 Å². The molecule has 0 radical (unpaired) electrons. The van der Waals surface area contributed by atoms with Crippen LogP contribution in [0.2, 0.25) is 0 Å². The van der Waals surface area contributed by atoms with E-state index in [0.29, 0.717) is 5.69 Å². The Bertz CT molecular complexity index is 754. The molecule has 2 N–H and O–H groups in total. The molecule has 0 aliphatic rings. The Labute approximate surface area is 120 Å². The number of hydrogen-bond acceptors (Lipinski definition) is 6. The third-order valence-corrected chi connectivity index (χ3v) is 2.97. The predicted molar refractivity (Wildman–Crippen MR) is 74.6 cm³/mol. The molecule has 8 nitrogen and oxygen atoms in total. The molecule has 2 aromatic heterocycles. The number of hydrogen-bond donors (Lipinski definition) is 2. The van der Waals surface area contributed by atoms with Crippen molar-refractivity contribution in [2.45, 2.75) is 6.92 Å². The van der Waals surface area contributed by atoms with Gasteiger partial charge in [0, 0.05) is 24.9 Å². The monoisotopic (exact) mass is 290 g/mol. The second kappa shape index (κ2) is 5.61. The molecule has 0 aliphatic carbocycles. The van der Waals surface area contributed by atoms with Gasteiger partial charge in [0.25, 0.3) is 11.5 Å². The summed E-state index contributed by atoms with van der Waals surface area (Å²) >= 11 is 0. The summed E-state index contributed by atoms with van der Waals surface area (Å²) < 4.78 is 6.18. The summed E-state index contributed by atoms with van der Waals surface area (Å²) in [4.78, 5) is 31.8. The van der Waals surface area contributed by atoms with Crippen molar-refractivity contribution in [1.82, 2.24) is 14.5 Å². The molecule has 2 aromatic rings. The predicted octanol–water partition coefficient (Wildman–Crippen LogP) is 0.450. The van der Waals surface area contributed by atoms with E-state index in [1.54, 1.807) is 6.92 Å². The van der Waals surface area contributed by atoms with Gasteiger partial charge in [0.2, 0.25) is 5.88 Å². The number of carbonyl (C=O) groups is 1. The van der Waals surface area contributed by atoms with Crippen molar-refractivity contribution >= 4 is 11.7 Å². The Morgan fingerprint density at radius 2 is 2.10 bits per heavy atom. The smallest absolute Gasteiger partial charge is 0.267 e. The summed E-state index contributed by atoms with van der Waals surface area (Å²) in [5.41, 5.74) is -0.399. The van der Waals surface area contributed by atoms with Crippen LogP contribution in [0.3, 0.4) is 0 Å². The normalized spacial score (nSPS) is 10.2. The maximum Gasteiger partial charge on any atom is 0.267 e. The van der Waals surface area contributed by atoms with Crippen molar-refractivity contribution in [2.75, 3.05) is 12.4 Å². The second-order valence-corrected chi connectivity index (χ2v) is 4.31. The van der Waals surface area contributed by atoms with E-state index in [4.69, 9.17) is 4.74 Å². The van der Waals surface area contributed by atoms with Gasteiger partial charge < -0.3 is 19.7 Å². The number of amides is 1. The van der Waals surface area contributed by atoms with E-state index >= 15 is 0 Å². The maximum absolute atomic E-state index is 12.1. The molecule has 0 fully saturated rings. The van der Waals surface area contributed by atoms with Gasteiger partial charge in [-0.15, -0.1) is 0 Å². The third kappa shape index (κ3) is 2.83. The fourth-order valence-electron chi connectivity index (χ4n) is 1.72. The standard InChI is InChI=1S/C13H14N4O4/c1-7-4-8(18)11(13(20)17(7)2)12(19)16-9-5-10(21-3)15-6-14-9/h4-6,18H,1-3H3,(H,14,15,16,19). The van der Waals surface area contributed by atoms with Gasteiger partial charge in [-0.3, -0.25) is 9.59 Å². The van der Waals surface area contributed by atoms with E-state index in [1.807, 2.05) is 0 Å². The van der Waals surface area contributed by atoms with Crippen molar-refractivity contribution < 1.29 is 14.6 Å². The maximum atomic E-state index is 12.1. The van der Waals surface area contributed by atoms with Gasteiger partial charge in [-0.05, 0) is 6.92 Å². The number of aryl methyl sites for hydroxylation is 1. The van der Waals surface area contributed by atoms with E-state index < -0.39 is 11.5 Å². The Balaban J connectivity index is 2.37. The molecule has 110 valence electrons. The minimum absolute atomic E-state index is 0.161. The van der Waals surface area contributed by atoms with Crippen LogP contribution in [0.1, 0.15) is 16.1 Å². The topological polar surface area (TPSA) is 106 Å². The summed E-state index contributed by atoms with van der Waals surface area (Å²) in [6, 6.07) is 2.74.